The summed E-state index contributed by atoms with van der Waals surface area (Å²) in [7, 11) is 0. The van der Waals surface area contributed by atoms with Crippen LogP contribution in [0.5, 0.6) is 11.5 Å². The van der Waals surface area contributed by atoms with Crippen LogP contribution in [0.3, 0.4) is 0 Å². The molecule has 0 bridgehead atoms. The third-order valence-electron chi connectivity index (χ3n) is 5.01. The van der Waals surface area contributed by atoms with Gasteiger partial charge in [-0.15, -0.1) is 10.2 Å². The van der Waals surface area contributed by atoms with Crippen LogP contribution in [0.1, 0.15) is 38.2 Å². The van der Waals surface area contributed by atoms with Crippen LogP contribution in [0, 0.1) is 0 Å². The van der Waals surface area contributed by atoms with E-state index >= 15 is 0 Å². The Kier molecular flexibility index (Phi) is 5.27. The minimum atomic E-state index is -0.854. The topological polar surface area (TPSA) is 96.8 Å². The van der Waals surface area contributed by atoms with Crippen LogP contribution in [0.2, 0.25) is 0 Å². The van der Waals surface area contributed by atoms with Crippen LogP contribution < -0.4 is 20.5 Å². The molecular formula is C19H28N6O2. The molecule has 3 heterocycles. The molecule has 3 aliphatic heterocycles. The van der Waals surface area contributed by atoms with E-state index in [9.17, 15) is 0 Å². The van der Waals surface area contributed by atoms with Gasteiger partial charge in [-0.3, -0.25) is 10.6 Å². The Morgan fingerprint density at radius 1 is 1.30 bits per heavy atom. The van der Waals surface area contributed by atoms with Crippen molar-refractivity contribution < 1.29 is 9.47 Å². The van der Waals surface area contributed by atoms with Crippen molar-refractivity contribution in [3.05, 3.63) is 23.8 Å². The molecular weight excluding hydrogens is 344 g/mol. The number of benzene rings is 1. The number of aliphatic imine (C=N–C) groups is 1. The first-order valence-electron chi connectivity index (χ1n) is 9.77. The van der Waals surface area contributed by atoms with Crippen LogP contribution in [0.4, 0.5) is 0 Å². The van der Waals surface area contributed by atoms with Crippen molar-refractivity contribution in [1.82, 2.24) is 10.2 Å². The number of piperidine rings is 1. The molecule has 146 valence electrons. The normalized spacial score (nSPS) is 29.1. The van der Waals surface area contributed by atoms with Gasteiger partial charge in [0.15, 0.2) is 11.5 Å². The fraction of sp³-hybridized carbons (Fsp3) is 0.632. The molecule has 1 saturated heterocycles. The molecule has 1 fully saturated rings. The molecule has 0 amide bonds. The summed E-state index contributed by atoms with van der Waals surface area (Å²) < 4.78 is 12.0. The van der Waals surface area contributed by atoms with E-state index in [2.05, 4.69) is 37.6 Å². The average molecular weight is 372 g/mol. The molecule has 0 saturated carbocycles. The number of hydrogen-bond acceptors (Lipinski definition) is 6. The summed E-state index contributed by atoms with van der Waals surface area (Å²) in [6.45, 7) is 6.20. The second-order valence-corrected chi connectivity index (χ2v) is 7.64. The SMILES string of the molecule is CC1(N)N=NC(=NCCC2COc3ccc(CN4CCCCC4)cc3O2)N1. The van der Waals surface area contributed by atoms with Crippen LogP contribution in [0.15, 0.2) is 33.4 Å². The molecule has 1 aromatic carbocycles. The number of nitrogens with two attached hydrogens (primary N) is 1. The fourth-order valence-electron chi connectivity index (χ4n) is 3.59. The standard InChI is InChI=1S/C19H28N6O2/c1-19(20)22-18(23-24-19)21-8-7-15-13-26-16-6-5-14(11-17(16)27-15)12-25-9-3-2-4-10-25/h5-6,11,15H,2-4,7-10,12-13,20H2,1H3,(H,21,22). The molecule has 4 rings (SSSR count). The van der Waals surface area contributed by atoms with Crippen molar-refractivity contribution in [2.75, 3.05) is 26.2 Å². The van der Waals surface area contributed by atoms with E-state index in [1.807, 2.05) is 6.07 Å². The Bertz CT molecular complexity index is 727. The molecule has 3 aliphatic rings. The van der Waals surface area contributed by atoms with Crippen LogP contribution in [-0.4, -0.2) is 49.0 Å². The molecule has 2 unspecified atom stereocenters. The van der Waals surface area contributed by atoms with Gasteiger partial charge < -0.3 is 14.8 Å². The highest BCUT2D eigenvalue weighted by molar-refractivity contribution is 5.82. The largest absolute Gasteiger partial charge is 0.486 e. The van der Waals surface area contributed by atoms with E-state index in [1.165, 1.54) is 37.9 Å². The maximum Gasteiger partial charge on any atom is 0.240 e. The summed E-state index contributed by atoms with van der Waals surface area (Å²) in [5, 5.41) is 10.8. The fourth-order valence-corrected chi connectivity index (χ4v) is 3.59. The summed E-state index contributed by atoms with van der Waals surface area (Å²) in [5.41, 5.74) is 7.09. The molecule has 0 spiro atoms. The van der Waals surface area contributed by atoms with E-state index in [0.717, 1.165) is 24.5 Å². The quantitative estimate of drug-likeness (QED) is 0.826. The number of guanidine groups is 1. The smallest absolute Gasteiger partial charge is 0.240 e. The summed E-state index contributed by atoms with van der Waals surface area (Å²) in [6.07, 6.45) is 4.68. The van der Waals surface area contributed by atoms with E-state index in [0.29, 0.717) is 19.1 Å². The summed E-state index contributed by atoms with van der Waals surface area (Å²) in [5.74, 6) is 1.28. The Morgan fingerprint density at radius 2 is 2.15 bits per heavy atom. The molecule has 8 nitrogen and oxygen atoms in total. The minimum absolute atomic E-state index is 0.0188. The molecule has 0 radical (unpaired) electrons. The predicted octanol–water partition coefficient (Wildman–Crippen LogP) is 2.25. The number of ether oxygens (including phenoxy) is 2. The van der Waals surface area contributed by atoms with Gasteiger partial charge in [0.25, 0.3) is 0 Å². The number of nitrogens with zero attached hydrogens (tertiary/aromatic N) is 4. The van der Waals surface area contributed by atoms with Gasteiger partial charge in [0.2, 0.25) is 11.7 Å². The lowest BCUT2D eigenvalue weighted by molar-refractivity contribution is 0.0864. The molecule has 8 heteroatoms. The highest BCUT2D eigenvalue weighted by Gasteiger charge is 2.25. The van der Waals surface area contributed by atoms with Gasteiger partial charge in [-0.25, -0.2) is 4.99 Å². The third kappa shape index (κ3) is 4.75. The van der Waals surface area contributed by atoms with Crippen LogP contribution in [-0.2, 0) is 6.54 Å². The predicted molar refractivity (Wildman–Crippen MR) is 103 cm³/mol. The number of likely N-dealkylation sites (tertiary alicyclic amines) is 1. The van der Waals surface area contributed by atoms with Crippen molar-refractivity contribution in [3.63, 3.8) is 0 Å². The highest BCUT2D eigenvalue weighted by atomic mass is 16.6. The first-order valence-corrected chi connectivity index (χ1v) is 9.77. The summed E-state index contributed by atoms with van der Waals surface area (Å²) >= 11 is 0. The third-order valence-corrected chi connectivity index (χ3v) is 5.01. The van der Waals surface area contributed by atoms with Crippen molar-refractivity contribution in [2.24, 2.45) is 21.0 Å². The van der Waals surface area contributed by atoms with E-state index < -0.39 is 5.79 Å². The Balaban J connectivity index is 1.31. The minimum Gasteiger partial charge on any atom is -0.486 e. The first kappa shape index (κ1) is 18.2. The molecule has 2 atom stereocenters. The van der Waals surface area contributed by atoms with Crippen molar-refractivity contribution in [3.8, 4) is 11.5 Å². The Morgan fingerprint density at radius 3 is 2.93 bits per heavy atom. The van der Waals surface area contributed by atoms with E-state index in [-0.39, 0.29) is 6.10 Å². The summed E-state index contributed by atoms with van der Waals surface area (Å²) in [6, 6.07) is 6.29. The number of nitrogens with one attached hydrogen (secondary N) is 1. The maximum absolute atomic E-state index is 6.16. The highest BCUT2D eigenvalue weighted by Crippen LogP contribution is 2.33. The zero-order chi connectivity index (χ0) is 18.7. The number of azo groups is 1. The van der Waals surface area contributed by atoms with Crippen LogP contribution >= 0.6 is 0 Å². The number of rotatable bonds is 5. The van der Waals surface area contributed by atoms with Crippen molar-refractivity contribution >= 4 is 5.96 Å². The average Bonchev–Trinajstić information content (AvgIpc) is 3.01. The monoisotopic (exact) mass is 372 g/mol. The molecule has 1 aromatic rings. The lowest BCUT2D eigenvalue weighted by atomic mass is 10.1. The summed E-state index contributed by atoms with van der Waals surface area (Å²) in [4.78, 5) is 6.90. The molecule has 27 heavy (non-hydrogen) atoms. The lowest BCUT2D eigenvalue weighted by Crippen LogP contribution is -2.47. The zero-order valence-corrected chi connectivity index (χ0v) is 15.9. The molecule has 0 aromatic heterocycles. The maximum atomic E-state index is 6.16. The van der Waals surface area contributed by atoms with Gasteiger partial charge in [0, 0.05) is 19.5 Å². The molecule has 3 N–H and O–H groups in total. The zero-order valence-electron chi connectivity index (χ0n) is 15.9. The van der Waals surface area contributed by atoms with E-state index in [4.69, 9.17) is 15.2 Å². The number of hydrogen-bond donors (Lipinski definition) is 2. The van der Waals surface area contributed by atoms with Crippen molar-refractivity contribution in [2.45, 2.75) is 51.0 Å². The van der Waals surface area contributed by atoms with Gasteiger partial charge in [-0.1, -0.05) is 12.5 Å². The van der Waals surface area contributed by atoms with Crippen molar-refractivity contribution in [1.29, 1.82) is 0 Å². The Labute approximate surface area is 159 Å². The second kappa shape index (κ2) is 7.82. The Hall–Kier alpha value is -2.19. The first-order chi connectivity index (χ1) is 13.1. The van der Waals surface area contributed by atoms with Crippen LogP contribution in [0.25, 0.3) is 0 Å². The van der Waals surface area contributed by atoms with Gasteiger partial charge >= 0.3 is 0 Å². The van der Waals surface area contributed by atoms with E-state index in [1.54, 1.807) is 6.92 Å². The van der Waals surface area contributed by atoms with Gasteiger partial charge in [-0.05, 0) is 50.6 Å². The number of fused-ring (bicyclic) bond motifs is 1. The van der Waals surface area contributed by atoms with Gasteiger partial charge in [-0.2, -0.15) is 0 Å². The van der Waals surface area contributed by atoms with Gasteiger partial charge in [0.1, 0.15) is 12.7 Å². The molecule has 0 aliphatic carbocycles. The lowest BCUT2D eigenvalue weighted by Gasteiger charge is -2.29. The van der Waals surface area contributed by atoms with Gasteiger partial charge in [0.05, 0.1) is 0 Å². The second-order valence-electron chi connectivity index (χ2n) is 7.64.